The second-order valence-electron chi connectivity index (χ2n) is 5.02. The molecule has 3 N–H and O–H groups in total. The Hall–Kier alpha value is -1.30. The van der Waals surface area contributed by atoms with Gasteiger partial charge in [0, 0.05) is 13.1 Å². The molecule has 2 fully saturated rings. The molecule has 1 heterocycles. The van der Waals surface area contributed by atoms with E-state index < -0.39 is 17.6 Å². The van der Waals surface area contributed by atoms with Gasteiger partial charge in [-0.05, 0) is 25.7 Å². The van der Waals surface area contributed by atoms with Crippen LogP contribution in [0, 0.1) is 0 Å². The van der Waals surface area contributed by atoms with Crippen molar-refractivity contribution in [1.82, 2.24) is 10.2 Å². The molecule has 0 spiro atoms. The summed E-state index contributed by atoms with van der Waals surface area (Å²) in [4.78, 5) is 24.2. The number of nitrogens with zero attached hydrogens (tertiary/aromatic N) is 1. The highest BCUT2D eigenvalue weighted by molar-refractivity contribution is 5.77. The fourth-order valence-corrected chi connectivity index (χ4v) is 2.47. The summed E-state index contributed by atoms with van der Waals surface area (Å²) in [6.45, 7) is 0.880. The quantitative estimate of drug-likeness (QED) is 0.657. The molecule has 1 aliphatic heterocycles. The van der Waals surface area contributed by atoms with E-state index in [4.69, 9.17) is 5.11 Å². The zero-order valence-corrected chi connectivity index (χ0v) is 9.69. The molecule has 17 heavy (non-hydrogen) atoms. The third-order valence-corrected chi connectivity index (χ3v) is 3.62. The number of hydrogen-bond acceptors (Lipinski definition) is 3. The molecule has 1 saturated carbocycles. The van der Waals surface area contributed by atoms with Gasteiger partial charge in [0.25, 0.3) is 0 Å². The van der Waals surface area contributed by atoms with Gasteiger partial charge in [0.2, 0.25) is 0 Å². The van der Waals surface area contributed by atoms with E-state index in [1.54, 1.807) is 4.90 Å². The van der Waals surface area contributed by atoms with Crippen LogP contribution >= 0.6 is 0 Å². The van der Waals surface area contributed by atoms with E-state index in [1.807, 2.05) is 0 Å². The smallest absolute Gasteiger partial charge is 0.317 e. The molecule has 6 nitrogen and oxygen atoms in total. The van der Waals surface area contributed by atoms with E-state index in [1.165, 1.54) is 0 Å². The van der Waals surface area contributed by atoms with Crippen molar-refractivity contribution in [3.05, 3.63) is 0 Å². The molecule has 1 unspecified atom stereocenters. The number of carbonyl (C=O) groups excluding carboxylic acids is 1. The van der Waals surface area contributed by atoms with Crippen molar-refractivity contribution in [3.8, 4) is 0 Å². The number of amides is 2. The molecule has 96 valence electrons. The number of nitrogens with one attached hydrogen (secondary N) is 1. The van der Waals surface area contributed by atoms with Gasteiger partial charge < -0.3 is 20.4 Å². The Morgan fingerprint density at radius 2 is 2.12 bits per heavy atom. The number of hydrogen-bond donors (Lipinski definition) is 3. The monoisotopic (exact) mass is 242 g/mol. The summed E-state index contributed by atoms with van der Waals surface area (Å²) in [6, 6.07) is -0.248. The van der Waals surface area contributed by atoms with E-state index in [-0.39, 0.29) is 12.5 Å². The summed E-state index contributed by atoms with van der Waals surface area (Å²) in [6.07, 6.45) is 2.53. The Kier molecular flexibility index (Phi) is 3.24. The lowest BCUT2D eigenvalue weighted by Gasteiger charge is -2.42. The van der Waals surface area contributed by atoms with Crippen LogP contribution in [0.3, 0.4) is 0 Å². The molecule has 0 radical (unpaired) electrons. The Balaban J connectivity index is 1.90. The number of carboxylic acids is 1. The van der Waals surface area contributed by atoms with Crippen molar-refractivity contribution >= 4 is 12.0 Å². The van der Waals surface area contributed by atoms with Crippen LogP contribution in [0.4, 0.5) is 4.79 Å². The molecule has 6 heteroatoms. The summed E-state index contributed by atoms with van der Waals surface area (Å²) in [7, 11) is 0. The third-order valence-electron chi connectivity index (χ3n) is 3.62. The molecule has 0 aromatic rings. The maximum Gasteiger partial charge on any atom is 0.317 e. The molecule has 2 rings (SSSR count). The first kappa shape index (κ1) is 12.2. The van der Waals surface area contributed by atoms with Gasteiger partial charge in [-0.3, -0.25) is 4.79 Å². The molecule has 1 saturated heterocycles. The maximum absolute atomic E-state index is 11.9. The third kappa shape index (κ3) is 2.69. The van der Waals surface area contributed by atoms with Crippen molar-refractivity contribution in [1.29, 1.82) is 0 Å². The van der Waals surface area contributed by atoms with Crippen LogP contribution in [0.15, 0.2) is 0 Å². The summed E-state index contributed by atoms with van der Waals surface area (Å²) in [5, 5.41) is 21.0. The highest BCUT2D eigenvalue weighted by atomic mass is 16.4. The maximum atomic E-state index is 11.9. The second-order valence-corrected chi connectivity index (χ2v) is 5.02. The number of urea groups is 1. The fourth-order valence-electron chi connectivity index (χ4n) is 2.47. The molecule has 0 aromatic heterocycles. The number of carbonyl (C=O) groups is 2. The average Bonchev–Trinajstić information content (AvgIpc) is 2.60. The molecule has 2 aliphatic rings. The first-order valence-electron chi connectivity index (χ1n) is 5.98. The Labute approximate surface area is 99.6 Å². The van der Waals surface area contributed by atoms with Gasteiger partial charge in [0.1, 0.15) is 0 Å². The Morgan fingerprint density at radius 3 is 2.53 bits per heavy atom. The van der Waals surface area contributed by atoms with E-state index in [9.17, 15) is 14.7 Å². The normalized spacial score (nSPS) is 26.4. The molecule has 0 bridgehead atoms. The van der Waals surface area contributed by atoms with Crippen LogP contribution in [0.5, 0.6) is 0 Å². The minimum Gasteiger partial charge on any atom is -0.481 e. The van der Waals surface area contributed by atoms with E-state index in [2.05, 4.69) is 5.32 Å². The van der Waals surface area contributed by atoms with Crippen LogP contribution in [0.1, 0.15) is 32.1 Å². The van der Waals surface area contributed by atoms with E-state index in [0.29, 0.717) is 19.5 Å². The zero-order chi connectivity index (χ0) is 12.5. The minimum absolute atomic E-state index is 0.0187. The number of β-amino-alcohol motifs (C(OH)–C–C–N with tert-alkyl or cyclic N) is 1. The van der Waals surface area contributed by atoms with Crippen molar-refractivity contribution in [3.63, 3.8) is 0 Å². The van der Waals surface area contributed by atoms with Gasteiger partial charge in [-0.2, -0.15) is 0 Å². The summed E-state index contributed by atoms with van der Waals surface area (Å²) < 4.78 is 0. The van der Waals surface area contributed by atoms with Crippen molar-refractivity contribution in [2.24, 2.45) is 0 Å². The highest BCUT2D eigenvalue weighted by Crippen LogP contribution is 2.35. The van der Waals surface area contributed by atoms with Gasteiger partial charge >= 0.3 is 12.0 Å². The number of aliphatic carboxylic acids is 1. The molecule has 1 aliphatic carbocycles. The minimum atomic E-state index is -0.883. The lowest BCUT2D eigenvalue weighted by atomic mass is 9.74. The second kappa shape index (κ2) is 4.52. The van der Waals surface area contributed by atoms with Gasteiger partial charge in [0.05, 0.1) is 18.1 Å². The van der Waals surface area contributed by atoms with Gasteiger partial charge in [-0.1, -0.05) is 0 Å². The molecule has 1 atom stereocenters. The van der Waals surface area contributed by atoms with Crippen LogP contribution in [0.2, 0.25) is 0 Å². The topological polar surface area (TPSA) is 89.9 Å². The highest BCUT2D eigenvalue weighted by Gasteiger charge is 2.41. The first-order chi connectivity index (χ1) is 8.01. The number of likely N-dealkylation sites (tertiary alicyclic amines) is 1. The zero-order valence-electron chi connectivity index (χ0n) is 9.69. The molecular weight excluding hydrogens is 224 g/mol. The van der Waals surface area contributed by atoms with E-state index in [0.717, 1.165) is 19.3 Å². The van der Waals surface area contributed by atoms with Crippen molar-refractivity contribution in [2.75, 3.05) is 13.1 Å². The predicted molar refractivity (Wildman–Crippen MR) is 59.6 cm³/mol. The van der Waals surface area contributed by atoms with Crippen LogP contribution in [-0.4, -0.2) is 51.8 Å². The number of carboxylic acid groups (broad SMARTS) is 1. The Morgan fingerprint density at radius 1 is 1.41 bits per heavy atom. The fraction of sp³-hybridized carbons (Fsp3) is 0.818. The van der Waals surface area contributed by atoms with Crippen molar-refractivity contribution in [2.45, 2.75) is 43.7 Å². The average molecular weight is 242 g/mol. The van der Waals surface area contributed by atoms with Gasteiger partial charge in [-0.15, -0.1) is 0 Å². The number of rotatable bonds is 3. The van der Waals surface area contributed by atoms with E-state index >= 15 is 0 Å². The summed E-state index contributed by atoms with van der Waals surface area (Å²) in [5.41, 5.74) is -0.559. The summed E-state index contributed by atoms with van der Waals surface area (Å²) in [5.74, 6) is -0.883. The standard InChI is InChI=1S/C11H18N2O4/c14-8-2-5-13(7-8)10(17)12-11(3-1-4-11)6-9(15)16/h8,14H,1-7H2,(H,12,17)(H,15,16). The lowest BCUT2D eigenvalue weighted by molar-refractivity contribution is -0.139. The Bertz CT molecular complexity index is 327. The molecule has 2 amide bonds. The SMILES string of the molecule is O=C(O)CC1(NC(=O)N2CCC(O)C2)CCC1. The first-order valence-corrected chi connectivity index (χ1v) is 5.98. The van der Waals surface area contributed by atoms with Crippen LogP contribution < -0.4 is 5.32 Å². The largest absolute Gasteiger partial charge is 0.481 e. The van der Waals surface area contributed by atoms with Crippen LogP contribution in [0.25, 0.3) is 0 Å². The molecule has 0 aromatic carbocycles. The number of aliphatic hydroxyl groups excluding tert-OH is 1. The van der Waals surface area contributed by atoms with Gasteiger partial charge in [0.15, 0.2) is 0 Å². The summed E-state index contributed by atoms with van der Waals surface area (Å²) >= 11 is 0. The lowest BCUT2D eigenvalue weighted by Crippen LogP contribution is -2.57. The van der Waals surface area contributed by atoms with Crippen LogP contribution in [-0.2, 0) is 4.79 Å². The van der Waals surface area contributed by atoms with Gasteiger partial charge in [-0.25, -0.2) is 4.79 Å². The number of aliphatic hydroxyl groups is 1. The molecular formula is C11H18N2O4. The predicted octanol–water partition coefficient (Wildman–Crippen LogP) is 0.160. The van der Waals surface area contributed by atoms with Crippen molar-refractivity contribution < 1.29 is 19.8 Å².